The summed E-state index contributed by atoms with van der Waals surface area (Å²) in [6.45, 7) is 6.29. The molecule has 1 saturated heterocycles. The van der Waals surface area contributed by atoms with Crippen LogP contribution in [-0.2, 0) is 11.3 Å². The molecule has 1 aliphatic heterocycles. The van der Waals surface area contributed by atoms with Crippen molar-refractivity contribution in [3.8, 4) is 11.4 Å². The van der Waals surface area contributed by atoms with Gasteiger partial charge in [-0.05, 0) is 56.5 Å². The lowest BCUT2D eigenvalue weighted by molar-refractivity contribution is -0.127. The molecule has 6 nitrogen and oxygen atoms in total. The van der Waals surface area contributed by atoms with E-state index >= 15 is 0 Å². The second kappa shape index (κ2) is 9.75. The van der Waals surface area contributed by atoms with Crippen LogP contribution in [0.2, 0.25) is 0 Å². The molecule has 162 valence electrons. The summed E-state index contributed by atoms with van der Waals surface area (Å²) in [5.74, 6) is 1.23. The lowest BCUT2D eigenvalue weighted by Crippen LogP contribution is -2.43. The molecule has 2 unspecified atom stereocenters. The van der Waals surface area contributed by atoms with Gasteiger partial charge in [0.15, 0.2) is 0 Å². The molecule has 2 heterocycles. The molecule has 1 aliphatic rings. The van der Waals surface area contributed by atoms with E-state index in [0.717, 1.165) is 35.0 Å². The smallest absolute Gasteiger partial charge is 0.241 e. The third-order valence-electron chi connectivity index (χ3n) is 5.80. The quantitative estimate of drug-likeness (QED) is 0.540. The SMILES string of the molecule is Cc1ccccc1C(C)NC(=O)C1CCCN(Cc2nc(-c3cccc(Br)c3)no2)C1. The molecule has 0 spiro atoms. The van der Waals surface area contributed by atoms with Crippen molar-refractivity contribution >= 4 is 21.8 Å². The Morgan fingerprint density at radius 3 is 2.94 bits per heavy atom. The Labute approximate surface area is 191 Å². The second-order valence-electron chi connectivity index (χ2n) is 8.18. The Bertz CT molecular complexity index is 1050. The monoisotopic (exact) mass is 482 g/mol. The number of benzene rings is 2. The van der Waals surface area contributed by atoms with Crippen LogP contribution in [0.5, 0.6) is 0 Å². The van der Waals surface area contributed by atoms with Gasteiger partial charge in [-0.3, -0.25) is 9.69 Å². The number of hydrogen-bond acceptors (Lipinski definition) is 5. The van der Waals surface area contributed by atoms with E-state index in [9.17, 15) is 4.79 Å². The minimum Gasteiger partial charge on any atom is -0.349 e. The van der Waals surface area contributed by atoms with Crippen molar-refractivity contribution in [2.75, 3.05) is 13.1 Å². The van der Waals surface area contributed by atoms with Crippen LogP contribution in [0.3, 0.4) is 0 Å². The average Bonchev–Trinajstić information content (AvgIpc) is 3.22. The van der Waals surface area contributed by atoms with Gasteiger partial charge in [0.25, 0.3) is 0 Å². The fourth-order valence-corrected chi connectivity index (χ4v) is 4.55. The summed E-state index contributed by atoms with van der Waals surface area (Å²) in [7, 11) is 0. The molecule has 2 atom stereocenters. The van der Waals surface area contributed by atoms with E-state index in [4.69, 9.17) is 4.52 Å². The highest BCUT2D eigenvalue weighted by Gasteiger charge is 2.28. The minimum absolute atomic E-state index is 0.00669. The molecule has 1 amide bonds. The lowest BCUT2D eigenvalue weighted by Gasteiger charge is -2.31. The number of carbonyl (C=O) groups is 1. The van der Waals surface area contributed by atoms with Gasteiger partial charge in [-0.15, -0.1) is 0 Å². The van der Waals surface area contributed by atoms with Crippen molar-refractivity contribution in [2.24, 2.45) is 5.92 Å². The van der Waals surface area contributed by atoms with Gasteiger partial charge in [-0.1, -0.05) is 57.5 Å². The van der Waals surface area contributed by atoms with Gasteiger partial charge in [-0.2, -0.15) is 4.98 Å². The van der Waals surface area contributed by atoms with Crippen LogP contribution in [0.1, 0.15) is 42.8 Å². The van der Waals surface area contributed by atoms with Gasteiger partial charge in [0.05, 0.1) is 18.5 Å². The molecular weight excluding hydrogens is 456 g/mol. The lowest BCUT2D eigenvalue weighted by atomic mass is 9.95. The highest BCUT2D eigenvalue weighted by molar-refractivity contribution is 9.10. The summed E-state index contributed by atoms with van der Waals surface area (Å²) in [5.41, 5.74) is 3.26. The Morgan fingerprint density at radius 1 is 1.29 bits per heavy atom. The van der Waals surface area contributed by atoms with E-state index in [1.54, 1.807) is 0 Å². The average molecular weight is 483 g/mol. The zero-order valence-corrected chi connectivity index (χ0v) is 19.4. The van der Waals surface area contributed by atoms with Gasteiger partial charge in [0.2, 0.25) is 17.6 Å². The standard InChI is InChI=1S/C24H27BrN4O2/c1-16-7-3-4-11-21(16)17(2)26-24(30)19-9-6-12-29(14-19)15-22-27-23(28-31-22)18-8-5-10-20(25)13-18/h3-5,7-8,10-11,13,17,19H,6,9,12,14-15H2,1-2H3,(H,26,30). The van der Waals surface area contributed by atoms with Gasteiger partial charge >= 0.3 is 0 Å². The third kappa shape index (κ3) is 5.40. The number of nitrogens with one attached hydrogen (secondary N) is 1. The van der Waals surface area contributed by atoms with Crippen LogP contribution in [0.4, 0.5) is 0 Å². The largest absolute Gasteiger partial charge is 0.349 e. The van der Waals surface area contributed by atoms with E-state index in [1.165, 1.54) is 5.56 Å². The highest BCUT2D eigenvalue weighted by Crippen LogP contribution is 2.23. The van der Waals surface area contributed by atoms with Gasteiger partial charge in [0, 0.05) is 16.6 Å². The molecule has 31 heavy (non-hydrogen) atoms. The van der Waals surface area contributed by atoms with E-state index in [2.05, 4.69) is 55.3 Å². The third-order valence-corrected chi connectivity index (χ3v) is 6.29. The van der Waals surface area contributed by atoms with Crippen LogP contribution >= 0.6 is 15.9 Å². The molecule has 4 rings (SSSR count). The van der Waals surface area contributed by atoms with Crippen LogP contribution in [0.15, 0.2) is 57.5 Å². The minimum atomic E-state index is -0.0345. The number of amides is 1. The molecule has 0 saturated carbocycles. The number of rotatable bonds is 6. The number of hydrogen-bond donors (Lipinski definition) is 1. The van der Waals surface area contributed by atoms with Gasteiger partial charge in [-0.25, -0.2) is 0 Å². The van der Waals surface area contributed by atoms with Gasteiger partial charge in [0.1, 0.15) is 0 Å². The number of piperidine rings is 1. The topological polar surface area (TPSA) is 71.3 Å². The predicted octanol–water partition coefficient (Wildman–Crippen LogP) is 4.90. The van der Waals surface area contributed by atoms with E-state index in [1.807, 2.05) is 43.3 Å². The zero-order valence-electron chi connectivity index (χ0n) is 17.8. The maximum atomic E-state index is 12.9. The Hall–Kier alpha value is -2.51. The zero-order chi connectivity index (χ0) is 21.8. The number of aryl methyl sites for hydroxylation is 1. The first kappa shape index (κ1) is 21.7. The van der Waals surface area contributed by atoms with E-state index in [-0.39, 0.29) is 17.9 Å². The molecule has 7 heteroatoms. The number of halogens is 1. The van der Waals surface area contributed by atoms with Crippen molar-refractivity contribution in [1.29, 1.82) is 0 Å². The van der Waals surface area contributed by atoms with Crippen molar-refractivity contribution in [3.05, 3.63) is 70.0 Å². The Kier molecular flexibility index (Phi) is 6.83. The van der Waals surface area contributed by atoms with Crippen molar-refractivity contribution in [3.63, 3.8) is 0 Å². The van der Waals surface area contributed by atoms with Crippen LogP contribution < -0.4 is 5.32 Å². The Balaban J connectivity index is 1.35. The van der Waals surface area contributed by atoms with Gasteiger partial charge < -0.3 is 9.84 Å². The van der Waals surface area contributed by atoms with Crippen LogP contribution in [-0.4, -0.2) is 34.0 Å². The number of likely N-dealkylation sites (tertiary alicyclic amines) is 1. The fraction of sp³-hybridized carbons (Fsp3) is 0.375. The number of aromatic nitrogens is 2. The summed E-state index contributed by atoms with van der Waals surface area (Å²) < 4.78 is 6.45. The molecule has 1 N–H and O–H groups in total. The van der Waals surface area contributed by atoms with Crippen molar-refractivity contribution in [1.82, 2.24) is 20.4 Å². The van der Waals surface area contributed by atoms with Crippen LogP contribution in [0, 0.1) is 12.8 Å². The van der Waals surface area contributed by atoms with E-state index in [0.29, 0.717) is 24.8 Å². The Morgan fingerprint density at radius 2 is 2.13 bits per heavy atom. The maximum absolute atomic E-state index is 12.9. The molecule has 3 aromatic rings. The molecule has 0 radical (unpaired) electrons. The summed E-state index contributed by atoms with van der Waals surface area (Å²) >= 11 is 3.47. The molecule has 1 fully saturated rings. The van der Waals surface area contributed by atoms with Crippen molar-refractivity contribution < 1.29 is 9.32 Å². The summed E-state index contributed by atoms with van der Waals surface area (Å²) in [5, 5.41) is 7.32. The van der Waals surface area contributed by atoms with Crippen molar-refractivity contribution in [2.45, 2.75) is 39.3 Å². The molecule has 2 aromatic carbocycles. The predicted molar refractivity (Wildman–Crippen MR) is 123 cm³/mol. The first-order valence-electron chi connectivity index (χ1n) is 10.7. The summed E-state index contributed by atoms with van der Waals surface area (Å²) in [4.78, 5) is 19.7. The molecule has 0 bridgehead atoms. The normalized spacial score (nSPS) is 18.0. The number of nitrogens with zero attached hydrogens (tertiary/aromatic N) is 3. The molecular formula is C24H27BrN4O2. The fourth-order valence-electron chi connectivity index (χ4n) is 4.15. The summed E-state index contributed by atoms with van der Waals surface area (Å²) in [6.07, 6.45) is 1.87. The van der Waals surface area contributed by atoms with Crippen LogP contribution in [0.25, 0.3) is 11.4 Å². The molecule has 1 aromatic heterocycles. The number of carbonyl (C=O) groups excluding carboxylic acids is 1. The maximum Gasteiger partial charge on any atom is 0.241 e. The highest BCUT2D eigenvalue weighted by atomic mass is 79.9. The first-order valence-corrected chi connectivity index (χ1v) is 11.5. The second-order valence-corrected chi connectivity index (χ2v) is 9.10. The summed E-state index contributed by atoms with van der Waals surface area (Å²) in [6, 6.07) is 16.0. The van der Waals surface area contributed by atoms with E-state index < -0.39 is 0 Å². The first-order chi connectivity index (χ1) is 15.0. The molecule has 0 aliphatic carbocycles.